The van der Waals surface area contributed by atoms with Gasteiger partial charge in [-0.1, -0.05) is 12.1 Å². The van der Waals surface area contributed by atoms with E-state index in [0.717, 1.165) is 12.0 Å². The number of methoxy groups -OCH3 is 1. The Morgan fingerprint density at radius 2 is 2.20 bits per heavy atom. The van der Waals surface area contributed by atoms with Crippen LogP contribution >= 0.6 is 11.3 Å². The molecule has 1 aromatic heterocycles. The lowest BCUT2D eigenvalue weighted by molar-refractivity contribution is 0.0946. The molecule has 0 saturated heterocycles. The van der Waals surface area contributed by atoms with E-state index in [1.54, 1.807) is 25.3 Å². The fraction of sp³-hybridized carbons (Fsp3) is 0.200. The largest absolute Gasteiger partial charge is 0.495 e. The molecular formula is C15H13NO3S. The summed E-state index contributed by atoms with van der Waals surface area (Å²) in [5.41, 5.74) is 2.10. The van der Waals surface area contributed by atoms with Crippen LogP contribution in [0, 0.1) is 0 Å². The van der Waals surface area contributed by atoms with Crippen molar-refractivity contribution in [3.05, 3.63) is 51.2 Å². The average Bonchev–Trinajstić information content (AvgIpc) is 2.95. The molecule has 20 heavy (non-hydrogen) atoms. The first-order valence-corrected chi connectivity index (χ1v) is 7.16. The van der Waals surface area contributed by atoms with Gasteiger partial charge in [0.15, 0.2) is 0 Å². The molecule has 1 amide bonds. The monoisotopic (exact) mass is 287 g/mol. The summed E-state index contributed by atoms with van der Waals surface area (Å²) in [6.45, 7) is 0.651. The van der Waals surface area contributed by atoms with E-state index in [1.165, 1.54) is 11.3 Å². The number of nitrogens with one attached hydrogen (secondary N) is 1. The van der Waals surface area contributed by atoms with Crippen molar-refractivity contribution in [1.82, 2.24) is 5.32 Å². The van der Waals surface area contributed by atoms with Gasteiger partial charge in [-0.15, -0.1) is 11.3 Å². The van der Waals surface area contributed by atoms with Gasteiger partial charge in [-0.25, -0.2) is 0 Å². The third-order valence-corrected chi connectivity index (χ3v) is 4.25. The first kappa shape index (κ1) is 12.9. The maximum atomic E-state index is 12.5. The van der Waals surface area contributed by atoms with Crippen LogP contribution in [0.4, 0.5) is 0 Å². The molecule has 0 aliphatic carbocycles. The number of hydrogen-bond acceptors (Lipinski definition) is 4. The number of hydrogen-bond donors (Lipinski definition) is 1. The fourth-order valence-corrected chi connectivity index (χ4v) is 3.13. The molecule has 2 aromatic rings. The Kier molecular flexibility index (Phi) is 3.28. The van der Waals surface area contributed by atoms with Gasteiger partial charge in [0.25, 0.3) is 5.91 Å². The number of benzene rings is 1. The van der Waals surface area contributed by atoms with Crippen LogP contribution in [-0.4, -0.2) is 25.3 Å². The zero-order valence-electron chi connectivity index (χ0n) is 10.9. The zero-order valence-corrected chi connectivity index (χ0v) is 11.8. The summed E-state index contributed by atoms with van der Waals surface area (Å²) in [4.78, 5) is 24.9. The zero-order chi connectivity index (χ0) is 14.1. The Labute approximate surface area is 120 Å². The van der Waals surface area contributed by atoms with Crippen LogP contribution in [0.3, 0.4) is 0 Å². The first-order valence-electron chi connectivity index (χ1n) is 6.28. The molecule has 5 heteroatoms. The smallest absolute Gasteiger partial charge is 0.251 e. The number of carbonyl (C=O) groups excluding carboxylic acids is 2. The van der Waals surface area contributed by atoms with Crippen LogP contribution in [0.2, 0.25) is 0 Å². The van der Waals surface area contributed by atoms with E-state index in [9.17, 15) is 9.59 Å². The number of rotatable bonds is 3. The Balaban J connectivity index is 2.01. The molecule has 0 radical (unpaired) electrons. The summed E-state index contributed by atoms with van der Waals surface area (Å²) in [6, 6.07) is 7.08. The number of fused-ring (bicyclic) bond motifs is 1. The number of thiophene rings is 1. The Hall–Kier alpha value is -2.14. The molecule has 1 N–H and O–H groups in total. The first-order chi connectivity index (χ1) is 9.70. The van der Waals surface area contributed by atoms with Gasteiger partial charge in [-0.3, -0.25) is 9.59 Å². The molecule has 1 aliphatic heterocycles. The van der Waals surface area contributed by atoms with Gasteiger partial charge in [0.05, 0.1) is 7.11 Å². The minimum Gasteiger partial charge on any atom is -0.495 e. The molecule has 1 aliphatic rings. The van der Waals surface area contributed by atoms with Gasteiger partial charge < -0.3 is 10.1 Å². The summed E-state index contributed by atoms with van der Waals surface area (Å²) in [5, 5.41) is 4.61. The summed E-state index contributed by atoms with van der Waals surface area (Å²) in [6.07, 6.45) is 0.803. The standard InChI is InChI=1S/C15H13NO3S/c1-19-12-5-7-20-14(12)13(17)10-3-2-9-4-6-16-15(18)11(9)8-10/h2-3,5,7-8H,4,6H2,1H3,(H,16,18). The van der Waals surface area contributed by atoms with E-state index < -0.39 is 0 Å². The lowest BCUT2D eigenvalue weighted by Crippen LogP contribution is -2.32. The number of ketones is 1. The third-order valence-electron chi connectivity index (χ3n) is 3.35. The number of carbonyl (C=O) groups is 2. The Morgan fingerprint density at radius 1 is 1.35 bits per heavy atom. The van der Waals surface area contributed by atoms with Crippen molar-refractivity contribution in [2.24, 2.45) is 0 Å². The van der Waals surface area contributed by atoms with Gasteiger partial charge >= 0.3 is 0 Å². The molecule has 2 heterocycles. The highest BCUT2D eigenvalue weighted by Gasteiger charge is 2.21. The maximum Gasteiger partial charge on any atom is 0.251 e. The van der Waals surface area contributed by atoms with E-state index in [4.69, 9.17) is 4.74 Å². The molecule has 0 bridgehead atoms. The van der Waals surface area contributed by atoms with Crippen molar-refractivity contribution in [3.63, 3.8) is 0 Å². The summed E-state index contributed by atoms with van der Waals surface area (Å²) >= 11 is 1.34. The lowest BCUT2D eigenvalue weighted by atomic mass is 9.96. The van der Waals surface area contributed by atoms with Gasteiger partial charge in [-0.2, -0.15) is 0 Å². The normalized spacial score (nSPS) is 13.6. The van der Waals surface area contributed by atoms with Crippen molar-refractivity contribution in [2.75, 3.05) is 13.7 Å². The maximum absolute atomic E-state index is 12.5. The highest BCUT2D eigenvalue weighted by atomic mass is 32.1. The SMILES string of the molecule is COc1ccsc1C(=O)c1ccc2c(c1)C(=O)NCC2. The van der Waals surface area contributed by atoms with E-state index in [2.05, 4.69) is 5.32 Å². The fourth-order valence-electron chi connectivity index (χ4n) is 2.31. The van der Waals surface area contributed by atoms with E-state index in [0.29, 0.717) is 28.3 Å². The topological polar surface area (TPSA) is 55.4 Å². The van der Waals surface area contributed by atoms with Crippen LogP contribution in [0.1, 0.15) is 31.2 Å². The van der Waals surface area contributed by atoms with Crippen LogP contribution in [0.5, 0.6) is 5.75 Å². The highest BCUT2D eigenvalue weighted by Crippen LogP contribution is 2.28. The summed E-state index contributed by atoms with van der Waals surface area (Å²) < 4.78 is 5.17. The molecule has 1 aromatic carbocycles. The summed E-state index contributed by atoms with van der Waals surface area (Å²) in [5.74, 6) is 0.347. The Morgan fingerprint density at radius 3 is 3.00 bits per heavy atom. The molecular weight excluding hydrogens is 274 g/mol. The molecule has 0 fully saturated rings. The van der Waals surface area contributed by atoms with E-state index in [-0.39, 0.29) is 11.7 Å². The van der Waals surface area contributed by atoms with Crippen molar-refractivity contribution in [1.29, 1.82) is 0 Å². The molecule has 0 spiro atoms. The molecule has 4 nitrogen and oxygen atoms in total. The lowest BCUT2D eigenvalue weighted by Gasteiger charge is -2.16. The van der Waals surface area contributed by atoms with Crippen LogP contribution in [-0.2, 0) is 6.42 Å². The van der Waals surface area contributed by atoms with Crippen molar-refractivity contribution in [3.8, 4) is 5.75 Å². The van der Waals surface area contributed by atoms with Gasteiger partial charge in [-0.05, 0) is 29.5 Å². The molecule has 3 rings (SSSR count). The number of amides is 1. The second kappa shape index (κ2) is 5.09. The van der Waals surface area contributed by atoms with Gasteiger partial charge in [0.1, 0.15) is 10.6 Å². The quantitative estimate of drug-likeness (QED) is 0.881. The van der Waals surface area contributed by atoms with E-state index >= 15 is 0 Å². The second-order valence-corrected chi connectivity index (χ2v) is 5.44. The molecule has 0 atom stereocenters. The highest BCUT2D eigenvalue weighted by molar-refractivity contribution is 7.12. The predicted octanol–water partition coefficient (Wildman–Crippen LogP) is 2.27. The van der Waals surface area contributed by atoms with Gasteiger partial charge in [0.2, 0.25) is 5.78 Å². The predicted molar refractivity (Wildman–Crippen MR) is 76.8 cm³/mol. The Bertz CT molecular complexity index is 690. The molecule has 102 valence electrons. The number of ether oxygens (including phenoxy) is 1. The molecule has 0 unspecified atom stereocenters. The second-order valence-electron chi connectivity index (χ2n) is 4.53. The molecule has 0 saturated carbocycles. The summed E-state index contributed by atoms with van der Waals surface area (Å²) in [7, 11) is 1.54. The van der Waals surface area contributed by atoms with Crippen molar-refractivity contribution >= 4 is 23.0 Å². The third kappa shape index (κ3) is 2.10. The van der Waals surface area contributed by atoms with Crippen molar-refractivity contribution in [2.45, 2.75) is 6.42 Å². The van der Waals surface area contributed by atoms with Crippen LogP contribution in [0.15, 0.2) is 29.6 Å². The minimum atomic E-state index is -0.113. The van der Waals surface area contributed by atoms with Gasteiger partial charge in [0, 0.05) is 17.7 Å². The van der Waals surface area contributed by atoms with Crippen molar-refractivity contribution < 1.29 is 14.3 Å². The minimum absolute atomic E-state index is 0.112. The average molecular weight is 287 g/mol. The van der Waals surface area contributed by atoms with E-state index in [1.807, 2.05) is 11.4 Å². The van der Waals surface area contributed by atoms with Crippen LogP contribution < -0.4 is 10.1 Å². The van der Waals surface area contributed by atoms with Crippen LogP contribution in [0.25, 0.3) is 0 Å².